The molecule has 152 valence electrons. The summed E-state index contributed by atoms with van der Waals surface area (Å²) >= 11 is 22.1. The lowest BCUT2D eigenvalue weighted by Crippen LogP contribution is -2.02. The number of hydrogen-bond donors (Lipinski definition) is 3. The van der Waals surface area contributed by atoms with Gasteiger partial charge in [-0.15, -0.1) is 0 Å². The van der Waals surface area contributed by atoms with Crippen molar-refractivity contribution in [1.82, 2.24) is 0 Å². The van der Waals surface area contributed by atoms with Crippen LogP contribution in [0.25, 0.3) is 0 Å². The molecule has 2 rings (SSSR count). The second-order valence-corrected chi connectivity index (χ2v) is 6.34. The molecule has 0 aromatic heterocycles. The Morgan fingerprint density at radius 2 is 1.38 bits per heavy atom. The number of rotatable bonds is 3. The lowest BCUT2D eigenvalue weighted by atomic mass is 10.1. The molecule has 13 heteroatoms. The Morgan fingerprint density at radius 1 is 0.931 bits per heavy atom. The van der Waals surface area contributed by atoms with Gasteiger partial charge in [-0.25, -0.2) is 18.4 Å². The summed E-state index contributed by atoms with van der Waals surface area (Å²) in [7, 11) is 0. The zero-order chi connectivity index (χ0) is 22.5. The number of nitrogens with zero attached hydrogens (tertiary/aromatic N) is 2. The maximum atomic E-state index is 13.1. The lowest BCUT2D eigenvalue weighted by molar-refractivity contribution is 0.0685. The molecule has 0 fully saturated rings. The van der Waals surface area contributed by atoms with Crippen molar-refractivity contribution in [2.24, 2.45) is 5.16 Å². The van der Waals surface area contributed by atoms with Crippen molar-refractivity contribution in [3.05, 3.63) is 66.1 Å². The first-order chi connectivity index (χ1) is 13.5. The van der Waals surface area contributed by atoms with E-state index in [4.69, 9.17) is 67.1 Å². The molecule has 3 N–H and O–H groups in total. The van der Waals surface area contributed by atoms with Gasteiger partial charge in [0.05, 0.1) is 43.0 Å². The van der Waals surface area contributed by atoms with E-state index < -0.39 is 44.7 Å². The minimum atomic E-state index is -1.41. The number of oxime groups is 1. The number of benzene rings is 2. The van der Waals surface area contributed by atoms with Gasteiger partial charge in [-0.1, -0.05) is 51.6 Å². The molecule has 0 radical (unpaired) electrons. The van der Waals surface area contributed by atoms with Crippen LogP contribution in [0.3, 0.4) is 0 Å². The number of aromatic carboxylic acids is 2. The molecule has 0 atom stereocenters. The molecule has 29 heavy (non-hydrogen) atoms. The standard InChI is InChI=1S/C8H4Cl2FNO3.C8H2Cl2FNO2/c9-6-3(8(13)14)1-5(11)7(10)4(6)2-12-15;9-6-3(8(13)14)1-5(11)7(10)4(6)2-12/h1-2,15H,(H,13,14);1H,(H,13,14). The van der Waals surface area contributed by atoms with Gasteiger partial charge in [-0.2, -0.15) is 5.26 Å². The molecule has 2 aromatic rings. The molecule has 0 spiro atoms. The number of hydrogen-bond acceptors (Lipinski definition) is 5. The van der Waals surface area contributed by atoms with E-state index in [0.717, 1.165) is 6.21 Å². The van der Waals surface area contributed by atoms with Crippen molar-refractivity contribution in [3.8, 4) is 6.07 Å². The fourth-order valence-electron chi connectivity index (χ4n) is 1.81. The Hall–Kier alpha value is -2.64. The van der Waals surface area contributed by atoms with Gasteiger partial charge in [0, 0.05) is 5.56 Å². The van der Waals surface area contributed by atoms with Crippen LogP contribution in [0.2, 0.25) is 20.1 Å². The smallest absolute Gasteiger partial charge is 0.337 e. The predicted octanol–water partition coefficient (Wildman–Crippen LogP) is 5.34. The molecule has 2 aromatic carbocycles. The minimum absolute atomic E-state index is 0.182. The van der Waals surface area contributed by atoms with Crippen LogP contribution in [0.15, 0.2) is 17.3 Å². The van der Waals surface area contributed by atoms with Crippen LogP contribution in [0, 0.1) is 23.0 Å². The first-order valence-corrected chi connectivity index (χ1v) is 8.38. The van der Waals surface area contributed by atoms with Crippen molar-refractivity contribution in [2.75, 3.05) is 0 Å². The zero-order valence-electron chi connectivity index (χ0n) is 13.6. The first kappa shape index (κ1) is 24.4. The van der Waals surface area contributed by atoms with E-state index >= 15 is 0 Å². The third-order valence-electron chi connectivity index (χ3n) is 3.11. The van der Waals surface area contributed by atoms with Crippen LogP contribution >= 0.6 is 46.4 Å². The van der Waals surface area contributed by atoms with Crippen LogP contribution in [0.1, 0.15) is 31.8 Å². The van der Waals surface area contributed by atoms with Crippen LogP contribution in [-0.4, -0.2) is 33.6 Å². The Kier molecular flexibility index (Phi) is 8.60. The summed E-state index contributed by atoms with van der Waals surface area (Å²) in [5.41, 5.74) is -1.48. The van der Waals surface area contributed by atoms with Gasteiger partial charge in [0.15, 0.2) is 0 Å². The second-order valence-electron chi connectivity index (χ2n) is 4.82. The normalized spacial score (nSPS) is 10.2. The van der Waals surface area contributed by atoms with E-state index in [1.807, 2.05) is 0 Å². The minimum Gasteiger partial charge on any atom is -0.478 e. The van der Waals surface area contributed by atoms with Crippen molar-refractivity contribution in [2.45, 2.75) is 0 Å². The highest BCUT2D eigenvalue weighted by Crippen LogP contribution is 2.30. The van der Waals surface area contributed by atoms with E-state index in [0.29, 0.717) is 12.1 Å². The summed E-state index contributed by atoms with van der Waals surface area (Å²) in [5.74, 6) is -4.75. The van der Waals surface area contributed by atoms with Crippen LogP contribution in [-0.2, 0) is 0 Å². The third kappa shape index (κ3) is 5.46. The summed E-state index contributed by atoms with van der Waals surface area (Å²) in [6.45, 7) is 0. The summed E-state index contributed by atoms with van der Waals surface area (Å²) in [4.78, 5) is 21.2. The Bertz CT molecular complexity index is 1070. The summed E-state index contributed by atoms with van der Waals surface area (Å²) < 4.78 is 26.1. The SMILES string of the molecule is N#Cc1c(Cl)c(F)cc(C(=O)O)c1Cl.O=C(O)c1cc(F)c(Cl)c(C=NO)c1Cl. The van der Waals surface area contributed by atoms with Crippen LogP contribution in [0.5, 0.6) is 0 Å². The molecular weight excluding hydrogens is 480 g/mol. The highest BCUT2D eigenvalue weighted by Gasteiger charge is 2.20. The van der Waals surface area contributed by atoms with E-state index in [1.165, 1.54) is 6.07 Å². The molecular formula is C16H6Cl4F2N2O5. The monoisotopic (exact) mass is 484 g/mol. The highest BCUT2D eigenvalue weighted by atomic mass is 35.5. The number of nitriles is 1. The molecule has 0 heterocycles. The quantitative estimate of drug-likeness (QED) is 0.232. The van der Waals surface area contributed by atoms with Crippen molar-refractivity contribution in [1.29, 1.82) is 5.26 Å². The number of halogens is 6. The van der Waals surface area contributed by atoms with E-state index in [2.05, 4.69) is 5.16 Å². The fraction of sp³-hybridized carbons (Fsp3) is 0. The van der Waals surface area contributed by atoms with Gasteiger partial charge in [0.25, 0.3) is 0 Å². The fourth-order valence-corrected chi connectivity index (χ4v) is 2.84. The number of carboxylic acids is 2. The van der Waals surface area contributed by atoms with Gasteiger partial charge in [-0.3, -0.25) is 0 Å². The number of carboxylic acid groups (broad SMARTS) is 2. The van der Waals surface area contributed by atoms with Crippen molar-refractivity contribution < 1.29 is 33.8 Å². The van der Waals surface area contributed by atoms with Crippen molar-refractivity contribution in [3.63, 3.8) is 0 Å². The van der Waals surface area contributed by atoms with E-state index in [-0.39, 0.29) is 21.2 Å². The van der Waals surface area contributed by atoms with E-state index in [9.17, 15) is 18.4 Å². The predicted molar refractivity (Wildman–Crippen MR) is 101 cm³/mol. The maximum absolute atomic E-state index is 13.1. The Morgan fingerprint density at radius 3 is 1.79 bits per heavy atom. The molecule has 0 saturated heterocycles. The largest absolute Gasteiger partial charge is 0.478 e. The molecule has 0 aliphatic rings. The molecule has 0 saturated carbocycles. The molecule has 7 nitrogen and oxygen atoms in total. The van der Waals surface area contributed by atoms with Gasteiger partial charge < -0.3 is 15.4 Å². The van der Waals surface area contributed by atoms with Gasteiger partial charge in [0.1, 0.15) is 17.7 Å². The van der Waals surface area contributed by atoms with Gasteiger partial charge in [0.2, 0.25) is 0 Å². The first-order valence-electron chi connectivity index (χ1n) is 6.86. The third-order valence-corrected chi connectivity index (χ3v) is 4.66. The van der Waals surface area contributed by atoms with Gasteiger partial charge >= 0.3 is 11.9 Å². The van der Waals surface area contributed by atoms with Crippen LogP contribution in [0.4, 0.5) is 8.78 Å². The molecule has 0 bridgehead atoms. The topological polar surface area (TPSA) is 131 Å². The number of carbonyl (C=O) groups is 2. The summed E-state index contributed by atoms with van der Waals surface area (Å²) in [6.07, 6.45) is 0.764. The van der Waals surface area contributed by atoms with Crippen LogP contribution < -0.4 is 0 Å². The maximum Gasteiger partial charge on any atom is 0.337 e. The van der Waals surface area contributed by atoms with E-state index in [1.54, 1.807) is 0 Å². The molecule has 0 aliphatic carbocycles. The molecule has 0 unspecified atom stereocenters. The zero-order valence-corrected chi connectivity index (χ0v) is 16.6. The average Bonchev–Trinajstić information content (AvgIpc) is 2.65. The second kappa shape index (κ2) is 10.2. The average molecular weight is 486 g/mol. The summed E-state index contributed by atoms with van der Waals surface area (Å²) in [5, 5.41) is 35.2. The lowest BCUT2D eigenvalue weighted by Gasteiger charge is -2.05. The Labute approximate surface area is 180 Å². The highest BCUT2D eigenvalue weighted by molar-refractivity contribution is 6.40. The van der Waals surface area contributed by atoms with Crippen molar-refractivity contribution >= 4 is 64.6 Å². The van der Waals surface area contributed by atoms with Gasteiger partial charge in [-0.05, 0) is 12.1 Å². The summed E-state index contributed by atoms with van der Waals surface area (Å²) in [6, 6.07) is 2.90. The Balaban J connectivity index is 0.000000291. The molecule has 0 amide bonds. The molecule has 0 aliphatic heterocycles.